The van der Waals surface area contributed by atoms with Gasteiger partial charge in [-0.25, -0.2) is 9.78 Å². The number of nitrogen functional groups attached to an aromatic ring is 1. The summed E-state index contributed by atoms with van der Waals surface area (Å²) in [5.74, 6) is -0.341. The molecule has 12 heteroatoms. The van der Waals surface area contributed by atoms with E-state index in [9.17, 15) is 14.4 Å². The lowest BCUT2D eigenvalue weighted by atomic mass is 9.99. The number of benzene rings is 3. The van der Waals surface area contributed by atoms with Crippen LogP contribution in [-0.2, 0) is 29.1 Å². The van der Waals surface area contributed by atoms with Gasteiger partial charge in [-0.1, -0.05) is 59.9 Å². The fourth-order valence-corrected chi connectivity index (χ4v) is 7.37. The molecule has 2 atom stereocenters. The highest BCUT2D eigenvalue weighted by Gasteiger charge is 2.52. The summed E-state index contributed by atoms with van der Waals surface area (Å²) in [7, 11) is 0. The number of furan rings is 1. The molecule has 7 rings (SSSR count). The summed E-state index contributed by atoms with van der Waals surface area (Å²) in [5.41, 5.74) is 10.3. The molecule has 0 spiro atoms. The molecule has 4 heterocycles. The van der Waals surface area contributed by atoms with Crippen LogP contribution in [0.4, 0.5) is 9.93 Å². The van der Waals surface area contributed by atoms with E-state index in [4.69, 9.17) is 10.2 Å². The number of carbonyl (C=O) groups excluding carboxylic acids is 3. The van der Waals surface area contributed by atoms with E-state index < -0.39 is 12.2 Å². The number of piperazine rings is 1. The van der Waals surface area contributed by atoms with E-state index in [0.29, 0.717) is 24.6 Å². The van der Waals surface area contributed by atoms with Crippen molar-refractivity contribution in [2.24, 2.45) is 0 Å². The number of nitrogens with one attached hydrogen (secondary N) is 1. The highest BCUT2D eigenvalue weighted by atomic mass is 32.1. The van der Waals surface area contributed by atoms with Gasteiger partial charge in [0.2, 0.25) is 11.8 Å². The van der Waals surface area contributed by atoms with E-state index >= 15 is 0 Å². The number of para-hydroxylation sites is 1. The molecule has 11 nitrogen and oxygen atoms in total. The smallest absolute Gasteiger partial charge is 0.332 e. The van der Waals surface area contributed by atoms with Gasteiger partial charge in [-0.2, -0.15) is 5.01 Å². The van der Waals surface area contributed by atoms with Gasteiger partial charge in [0.25, 0.3) is 0 Å². The number of fused-ring (bicyclic) bond motifs is 3. The van der Waals surface area contributed by atoms with Crippen molar-refractivity contribution in [2.45, 2.75) is 51.6 Å². The number of hydrogen-bond donors (Lipinski definition) is 2. The molecule has 2 aliphatic rings. The van der Waals surface area contributed by atoms with Gasteiger partial charge in [0, 0.05) is 30.9 Å². The van der Waals surface area contributed by atoms with Gasteiger partial charge < -0.3 is 25.3 Å². The molecule has 0 bridgehead atoms. The molecule has 0 aliphatic carbocycles. The SMILES string of the molecule is CC(C)N(C(=O)NCc1ccccc1)N1CC(=O)N2[C@@H](Cc3ccc4occc4c3)C(=O)N(Cc3cccc4sc(N)nc34)C[C@@H]21. The summed E-state index contributed by atoms with van der Waals surface area (Å²) in [6, 6.07) is 21.9. The summed E-state index contributed by atoms with van der Waals surface area (Å²) in [4.78, 5) is 49.9. The molecule has 4 amide bonds. The number of nitrogens with zero attached hydrogens (tertiary/aromatic N) is 5. The van der Waals surface area contributed by atoms with Crippen LogP contribution >= 0.6 is 11.3 Å². The average Bonchev–Trinajstić information content (AvgIpc) is 3.75. The third-order valence-electron chi connectivity index (χ3n) is 8.65. The number of anilines is 1. The Hall–Kier alpha value is -4.94. The Kier molecular flexibility index (Phi) is 7.83. The quantitative estimate of drug-likeness (QED) is 0.255. The lowest BCUT2D eigenvalue weighted by Gasteiger charge is -2.47. The molecule has 0 saturated carbocycles. The Bertz CT molecular complexity index is 1920. The average molecular weight is 638 g/mol. The predicted octanol–water partition coefficient (Wildman–Crippen LogP) is 4.58. The van der Waals surface area contributed by atoms with Crippen molar-refractivity contribution in [2.75, 3.05) is 18.8 Å². The highest BCUT2D eigenvalue weighted by molar-refractivity contribution is 7.22. The Morgan fingerprint density at radius 1 is 1.09 bits per heavy atom. The largest absolute Gasteiger partial charge is 0.464 e. The number of nitrogens with two attached hydrogens (primary N) is 1. The number of urea groups is 1. The fraction of sp³-hybridized carbons (Fsp3) is 0.294. The van der Waals surface area contributed by atoms with Crippen LogP contribution in [0.15, 0.2) is 83.5 Å². The molecule has 2 aliphatic heterocycles. The van der Waals surface area contributed by atoms with Gasteiger partial charge in [-0.3, -0.25) is 14.6 Å². The van der Waals surface area contributed by atoms with Crippen LogP contribution in [0, 0.1) is 0 Å². The van der Waals surface area contributed by atoms with Crippen LogP contribution < -0.4 is 11.1 Å². The lowest BCUT2D eigenvalue weighted by molar-refractivity contribution is -0.158. The first-order valence-corrected chi connectivity index (χ1v) is 16.2. The monoisotopic (exact) mass is 637 g/mol. The number of thiazole rings is 1. The summed E-state index contributed by atoms with van der Waals surface area (Å²) >= 11 is 1.41. The molecule has 236 valence electrons. The fourth-order valence-electron chi connectivity index (χ4n) is 6.59. The second-order valence-electron chi connectivity index (χ2n) is 12.0. The van der Waals surface area contributed by atoms with Crippen molar-refractivity contribution in [1.29, 1.82) is 0 Å². The number of hydrogen-bond acceptors (Lipinski definition) is 8. The minimum Gasteiger partial charge on any atom is -0.464 e. The molecule has 2 fully saturated rings. The standard InChI is InChI=1S/C34H35N7O4S/c1-21(2)41(34(44)36-17-22-7-4-3-5-8-22)39-20-30(42)40-26(16-23-11-12-27-24(15-23)13-14-45-27)32(43)38(19-29(39)40)18-25-9-6-10-28-31(25)37-33(35)46-28/h3-15,21,26,29H,16-20H2,1-2H3,(H2,35,37)(H,36,44)/t26-,29+/m0/s1. The predicted molar refractivity (Wildman–Crippen MR) is 176 cm³/mol. The van der Waals surface area contributed by atoms with Gasteiger partial charge in [-0.05, 0) is 54.8 Å². The first kappa shape index (κ1) is 29.8. The van der Waals surface area contributed by atoms with Crippen molar-refractivity contribution in [3.05, 3.63) is 95.7 Å². The summed E-state index contributed by atoms with van der Waals surface area (Å²) < 4.78 is 6.47. The number of rotatable bonds is 8. The topological polar surface area (TPSA) is 128 Å². The number of hydrazine groups is 1. The summed E-state index contributed by atoms with van der Waals surface area (Å²) in [6.45, 7) is 4.71. The molecule has 2 saturated heterocycles. The van der Waals surface area contributed by atoms with Crippen LogP contribution in [-0.4, -0.2) is 74.0 Å². The zero-order valence-electron chi connectivity index (χ0n) is 25.6. The maximum atomic E-state index is 14.3. The lowest BCUT2D eigenvalue weighted by Crippen LogP contribution is -2.66. The number of amides is 4. The normalized spacial score (nSPS) is 18.6. The van der Waals surface area contributed by atoms with Crippen LogP contribution in [0.3, 0.4) is 0 Å². The molecule has 0 radical (unpaired) electrons. The molecule has 5 aromatic rings. The van der Waals surface area contributed by atoms with Crippen molar-refractivity contribution < 1.29 is 18.8 Å². The first-order chi connectivity index (χ1) is 22.3. The van der Waals surface area contributed by atoms with Crippen LogP contribution in [0.2, 0.25) is 0 Å². The molecule has 0 unspecified atom stereocenters. The van der Waals surface area contributed by atoms with Crippen LogP contribution in [0.5, 0.6) is 0 Å². The van der Waals surface area contributed by atoms with Gasteiger partial charge in [0.15, 0.2) is 5.13 Å². The molecular formula is C34H35N7O4S. The van der Waals surface area contributed by atoms with Crippen LogP contribution in [0.25, 0.3) is 21.2 Å². The van der Waals surface area contributed by atoms with Crippen molar-refractivity contribution in [3.8, 4) is 0 Å². The molecule has 2 aromatic heterocycles. The maximum Gasteiger partial charge on any atom is 0.332 e. The Balaban J connectivity index is 1.22. The van der Waals surface area contributed by atoms with E-state index in [-0.39, 0.29) is 37.0 Å². The van der Waals surface area contributed by atoms with Gasteiger partial charge in [0.1, 0.15) is 17.8 Å². The third kappa shape index (κ3) is 5.54. The van der Waals surface area contributed by atoms with Crippen molar-refractivity contribution >= 4 is 55.5 Å². The Morgan fingerprint density at radius 2 is 1.91 bits per heavy atom. The van der Waals surface area contributed by atoms with E-state index in [0.717, 1.165) is 37.9 Å². The van der Waals surface area contributed by atoms with E-state index in [1.54, 1.807) is 21.1 Å². The second-order valence-corrected chi connectivity index (χ2v) is 13.1. The molecule has 3 N–H and O–H groups in total. The second kappa shape index (κ2) is 12.1. The van der Waals surface area contributed by atoms with Crippen molar-refractivity contribution in [3.63, 3.8) is 0 Å². The van der Waals surface area contributed by atoms with Gasteiger partial charge in [-0.15, -0.1) is 0 Å². The first-order valence-electron chi connectivity index (χ1n) is 15.3. The van der Waals surface area contributed by atoms with E-state index in [1.165, 1.54) is 11.3 Å². The number of aromatic nitrogens is 1. The Morgan fingerprint density at radius 3 is 2.72 bits per heavy atom. The highest BCUT2D eigenvalue weighted by Crippen LogP contribution is 2.33. The zero-order valence-corrected chi connectivity index (χ0v) is 26.4. The van der Waals surface area contributed by atoms with Crippen molar-refractivity contribution in [1.82, 2.24) is 30.1 Å². The minimum atomic E-state index is -0.762. The van der Waals surface area contributed by atoms with Crippen LogP contribution in [0.1, 0.15) is 30.5 Å². The molecular weight excluding hydrogens is 602 g/mol. The molecule has 3 aromatic carbocycles. The number of carbonyl (C=O) groups is 3. The molecule has 46 heavy (non-hydrogen) atoms. The van der Waals surface area contributed by atoms with Gasteiger partial charge >= 0.3 is 6.03 Å². The van der Waals surface area contributed by atoms with E-state index in [1.807, 2.05) is 91.7 Å². The summed E-state index contributed by atoms with van der Waals surface area (Å²) in [5, 5.41) is 7.86. The van der Waals surface area contributed by atoms with E-state index in [2.05, 4.69) is 10.3 Å². The third-order valence-corrected chi connectivity index (χ3v) is 9.50. The Labute approximate surface area is 270 Å². The van der Waals surface area contributed by atoms with Gasteiger partial charge in [0.05, 0.1) is 29.6 Å². The zero-order chi connectivity index (χ0) is 31.9. The summed E-state index contributed by atoms with van der Waals surface area (Å²) in [6.07, 6.45) is 1.41. The maximum absolute atomic E-state index is 14.3. The minimum absolute atomic E-state index is 0.0157.